The number of hydrogen-bond acceptors (Lipinski definition) is 5. The highest BCUT2D eigenvalue weighted by Crippen LogP contribution is 2.35. The Balaban J connectivity index is 1.66. The van der Waals surface area contributed by atoms with Gasteiger partial charge in [-0.1, -0.05) is 19.9 Å². The topological polar surface area (TPSA) is 119 Å². The molecule has 8 heteroatoms. The van der Waals surface area contributed by atoms with Crippen molar-refractivity contribution < 1.29 is 29.6 Å². The van der Waals surface area contributed by atoms with E-state index >= 15 is 0 Å². The molecule has 0 radical (unpaired) electrons. The van der Waals surface area contributed by atoms with Crippen molar-refractivity contribution in [2.75, 3.05) is 13.2 Å². The molecule has 8 nitrogen and oxygen atoms in total. The van der Waals surface area contributed by atoms with E-state index in [0.29, 0.717) is 44.0 Å². The van der Waals surface area contributed by atoms with E-state index in [2.05, 4.69) is 5.32 Å². The van der Waals surface area contributed by atoms with Crippen LogP contribution >= 0.6 is 0 Å². The highest BCUT2D eigenvalue weighted by atomic mass is 16.5. The Hall–Kier alpha value is -3.42. The van der Waals surface area contributed by atoms with Crippen molar-refractivity contribution in [3.8, 4) is 17.2 Å². The largest absolute Gasteiger partial charge is 0.508 e. The van der Waals surface area contributed by atoms with Gasteiger partial charge in [-0.05, 0) is 47.2 Å². The Kier molecular flexibility index (Phi) is 6.34. The molecule has 30 heavy (non-hydrogen) atoms. The number of carbonyl (C=O) groups is 2. The molecule has 2 aromatic carbocycles. The molecule has 1 aliphatic heterocycles. The van der Waals surface area contributed by atoms with E-state index in [9.17, 15) is 19.8 Å². The summed E-state index contributed by atoms with van der Waals surface area (Å²) >= 11 is 0. The summed E-state index contributed by atoms with van der Waals surface area (Å²) in [5, 5.41) is 31.0. The van der Waals surface area contributed by atoms with Crippen LogP contribution in [0.15, 0.2) is 30.3 Å². The first kappa shape index (κ1) is 21.3. The first-order chi connectivity index (χ1) is 14.3. The molecule has 0 saturated carbocycles. The Morgan fingerprint density at radius 3 is 2.53 bits per heavy atom. The number of fused-ring (bicyclic) bond motifs is 1. The number of phenols is 2. The van der Waals surface area contributed by atoms with E-state index in [-0.39, 0.29) is 28.9 Å². The number of carboxylic acid groups (broad SMARTS) is 1. The summed E-state index contributed by atoms with van der Waals surface area (Å²) in [7, 11) is 0. The van der Waals surface area contributed by atoms with Crippen LogP contribution < -0.4 is 10.1 Å². The van der Waals surface area contributed by atoms with Gasteiger partial charge in [0, 0.05) is 25.7 Å². The number of amides is 2. The number of nitrogens with one attached hydrogen (secondary N) is 1. The number of rotatable bonds is 7. The van der Waals surface area contributed by atoms with E-state index < -0.39 is 6.09 Å². The van der Waals surface area contributed by atoms with Crippen molar-refractivity contribution >= 4 is 12.0 Å². The monoisotopic (exact) mass is 414 g/mol. The molecule has 0 bridgehead atoms. The average Bonchev–Trinajstić information content (AvgIpc) is 3.10. The van der Waals surface area contributed by atoms with Crippen molar-refractivity contribution in [1.82, 2.24) is 10.2 Å². The molecule has 0 atom stereocenters. The van der Waals surface area contributed by atoms with Gasteiger partial charge in [0.25, 0.3) is 5.91 Å². The highest BCUT2D eigenvalue weighted by Gasteiger charge is 2.27. The zero-order chi connectivity index (χ0) is 21.8. The molecule has 1 aliphatic rings. The molecular weight excluding hydrogens is 388 g/mol. The number of nitrogens with zero attached hydrogens (tertiary/aromatic N) is 1. The summed E-state index contributed by atoms with van der Waals surface area (Å²) in [5.74, 6) is 0.111. The van der Waals surface area contributed by atoms with Gasteiger partial charge < -0.3 is 30.3 Å². The Labute approximate surface area is 174 Å². The smallest absolute Gasteiger partial charge is 0.404 e. The summed E-state index contributed by atoms with van der Waals surface area (Å²) in [6, 6.07) is 8.39. The molecular formula is C22H26N2O6. The first-order valence-corrected chi connectivity index (χ1v) is 9.82. The van der Waals surface area contributed by atoms with Crippen molar-refractivity contribution in [1.29, 1.82) is 0 Å². The number of carbonyl (C=O) groups excluding carboxylic acids is 1. The van der Waals surface area contributed by atoms with Crippen LogP contribution in [0.5, 0.6) is 17.2 Å². The van der Waals surface area contributed by atoms with Gasteiger partial charge in [0.05, 0.1) is 12.2 Å². The third-order valence-electron chi connectivity index (χ3n) is 5.05. The first-order valence-electron chi connectivity index (χ1n) is 9.82. The third-order valence-corrected chi connectivity index (χ3v) is 5.05. The Morgan fingerprint density at radius 2 is 1.83 bits per heavy atom. The van der Waals surface area contributed by atoms with Gasteiger partial charge in [-0.3, -0.25) is 4.79 Å². The lowest BCUT2D eigenvalue weighted by Gasteiger charge is -2.18. The van der Waals surface area contributed by atoms with Crippen LogP contribution in [-0.4, -0.2) is 45.4 Å². The zero-order valence-electron chi connectivity index (χ0n) is 17.0. The molecule has 4 N–H and O–H groups in total. The number of ether oxygens (including phenoxy) is 1. The predicted molar refractivity (Wildman–Crippen MR) is 110 cm³/mol. The van der Waals surface area contributed by atoms with Crippen LogP contribution in [0.4, 0.5) is 4.79 Å². The van der Waals surface area contributed by atoms with Crippen molar-refractivity contribution in [2.24, 2.45) is 0 Å². The van der Waals surface area contributed by atoms with Gasteiger partial charge >= 0.3 is 6.09 Å². The lowest BCUT2D eigenvalue weighted by atomic mass is 9.98. The molecule has 160 valence electrons. The molecule has 0 fully saturated rings. The van der Waals surface area contributed by atoms with Crippen LogP contribution in [0.25, 0.3) is 0 Å². The molecule has 2 amide bonds. The molecule has 3 rings (SSSR count). The number of aromatic hydroxyl groups is 2. The summed E-state index contributed by atoms with van der Waals surface area (Å²) in [6.45, 7) is 5.33. The predicted octanol–water partition coefficient (Wildman–Crippen LogP) is 3.41. The van der Waals surface area contributed by atoms with Crippen molar-refractivity contribution in [3.05, 3.63) is 52.6 Å². The lowest BCUT2D eigenvalue weighted by Crippen LogP contribution is -2.25. The molecule has 0 unspecified atom stereocenters. The molecule has 0 aromatic heterocycles. The normalized spacial score (nSPS) is 12.7. The number of hydrogen-bond donors (Lipinski definition) is 4. The van der Waals surface area contributed by atoms with Crippen LogP contribution in [0.3, 0.4) is 0 Å². The van der Waals surface area contributed by atoms with E-state index in [0.717, 1.165) is 11.1 Å². The molecule has 2 aromatic rings. The maximum atomic E-state index is 13.0. The van der Waals surface area contributed by atoms with Gasteiger partial charge in [0.1, 0.15) is 17.2 Å². The van der Waals surface area contributed by atoms with Crippen molar-refractivity contribution in [3.63, 3.8) is 0 Å². The van der Waals surface area contributed by atoms with Gasteiger partial charge in [-0.2, -0.15) is 0 Å². The SMILES string of the molecule is CC(C)c1cc(C(=O)N2Cc3ccc(OCCCNC(=O)O)cc3C2)c(O)cc1O. The summed E-state index contributed by atoms with van der Waals surface area (Å²) in [6.07, 6.45) is -0.510. The molecule has 0 spiro atoms. The molecule has 0 saturated heterocycles. The maximum Gasteiger partial charge on any atom is 0.404 e. The lowest BCUT2D eigenvalue weighted by molar-refractivity contribution is 0.0748. The summed E-state index contributed by atoms with van der Waals surface area (Å²) in [4.78, 5) is 25.1. The average molecular weight is 414 g/mol. The minimum Gasteiger partial charge on any atom is -0.508 e. The molecule has 1 heterocycles. The van der Waals surface area contributed by atoms with E-state index in [1.165, 1.54) is 6.07 Å². The quantitative estimate of drug-likeness (QED) is 0.516. The minimum atomic E-state index is -1.06. The van der Waals surface area contributed by atoms with Gasteiger partial charge in [0.15, 0.2) is 0 Å². The Bertz CT molecular complexity index is 957. The number of benzene rings is 2. The highest BCUT2D eigenvalue weighted by molar-refractivity contribution is 5.97. The minimum absolute atomic E-state index is 0.0123. The Morgan fingerprint density at radius 1 is 1.10 bits per heavy atom. The van der Waals surface area contributed by atoms with Crippen LogP contribution in [0.1, 0.15) is 53.2 Å². The summed E-state index contributed by atoms with van der Waals surface area (Å²) in [5.41, 5.74) is 2.75. The maximum absolute atomic E-state index is 13.0. The van der Waals surface area contributed by atoms with Crippen LogP contribution in [0.2, 0.25) is 0 Å². The standard InChI is InChI=1S/C22H26N2O6/c1-13(2)17-9-18(20(26)10-19(17)25)21(27)24-11-14-4-5-16(8-15(14)12-24)30-7-3-6-23-22(28)29/h4-5,8-10,13,23,25-26H,3,6-7,11-12H2,1-2H3,(H,28,29). The number of phenolic OH excluding ortho intramolecular Hbond substituents is 2. The fourth-order valence-electron chi connectivity index (χ4n) is 3.46. The van der Waals surface area contributed by atoms with Gasteiger partial charge in [-0.15, -0.1) is 0 Å². The van der Waals surface area contributed by atoms with Crippen LogP contribution in [0, 0.1) is 0 Å². The summed E-state index contributed by atoms with van der Waals surface area (Å²) < 4.78 is 5.66. The second kappa shape index (κ2) is 8.94. The van der Waals surface area contributed by atoms with E-state index in [4.69, 9.17) is 9.84 Å². The zero-order valence-corrected chi connectivity index (χ0v) is 17.0. The van der Waals surface area contributed by atoms with E-state index in [1.807, 2.05) is 32.0 Å². The van der Waals surface area contributed by atoms with Crippen LogP contribution in [-0.2, 0) is 13.1 Å². The second-order valence-corrected chi connectivity index (χ2v) is 7.61. The van der Waals surface area contributed by atoms with Crippen molar-refractivity contribution in [2.45, 2.75) is 39.3 Å². The fourth-order valence-corrected chi connectivity index (χ4v) is 3.46. The third kappa shape index (κ3) is 4.76. The van der Waals surface area contributed by atoms with E-state index in [1.54, 1.807) is 11.0 Å². The van der Waals surface area contributed by atoms with Gasteiger partial charge in [0.2, 0.25) is 0 Å². The van der Waals surface area contributed by atoms with Gasteiger partial charge in [-0.25, -0.2) is 4.79 Å². The fraction of sp³-hybridized carbons (Fsp3) is 0.364. The second-order valence-electron chi connectivity index (χ2n) is 7.61. The molecule has 0 aliphatic carbocycles.